The number of hydrogen-bond acceptors (Lipinski definition) is 3. The van der Waals surface area contributed by atoms with E-state index in [9.17, 15) is 0 Å². The van der Waals surface area contributed by atoms with Crippen molar-refractivity contribution in [2.75, 3.05) is 26.8 Å². The number of rotatable bonds is 7. The normalized spacial score (nSPS) is 11.3. The number of nitrogens with one attached hydrogen (secondary N) is 2. The van der Waals surface area contributed by atoms with E-state index in [1.807, 2.05) is 0 Å². The summed E-state index contributed by atoms with van der Waals surface area (Å²) < 4.78 is 5.50. The molecule has 0 aliphatic carbocycles. The highest BCUT2D eigenvalue weighted by molar-refractivity contribution is 14.0. The van der Waals surface area contributed by atoms with E-state index in [-0.39, 0.29) is 24.0 Å². The fourth-order valence-electron chi connectivity index (χ4n) is 1.36. The highest BCUT2D eigenvalue weighted by Crippen LogP contribution is 2.04. The lowest BCUT2D eigenvalue weighted by Crippen LogP contribution is -2.38. The van der Waals surface area contributed by atoms with Crippen LogP contribution in [0.5, 0.6) is 0 Å². The molecular weight excluding hydrogens is 373 g/mol. The van der Waals surface area contributed by atoms with Gasteiger partial charge in [0.05, 0.1) is 6.61 Å². The van der Waals surface area contributed by atoms with Crippen LogP contribution in [-0.4, -0.2) is 32.8 Å². The van der Waals surface area contributed by atoms with E-state index >= 15 is 0 Å². The van der Waals surface area contributed by atoms with Gasteiger partial charge in [-0.2, -0.15) is 11.3 Å². The Morgan fingerprint density at radius 3 is 2.79 bits per heavy atom. The molecular formula is C13H24IN3OS. The molecule has 0 bridgehead atoms. The Morgan fingerprint density at radius 1 is 1.42 bits per heavy atom. The molecule has 110 valence electrons. The Balaban J connectivity index is 0.00000324. The summed E-state index contributed by atoms with van der Waals surface area (Å²) >= 11 is 1.71. The number of thiophene rings is 1. The lowest BCUT2D eigenvalue weighted by atomic mass is 10.2. The first-order valence-corrected chi connectivity index (χ1v) is 7.20. The van der Waals surface area contributed by atoms with Crippen LogP contribution >= 0.6 is 35.3 Å². The molecule has 0 aliphatic heterocycles. The van der Waals surface area contributed by atoms with Crippen molar-refractivity contribution in [1.29, 1.82) is 0 Å². The zero-order chi connectivity index (χ0) is 13.2. The second-order valence-electron chi connectivity index (χ2n) is 4.45. The Bertz CT molecular complexity index is 342. The van der Waals surface area contributed by atoms with E-state index in [0.29, 0.717) is 12.5 Å². The summed E-state index contributed by atoms with van der Waals surface area (Å²) in [6.45, 7) is 7.38. The number of nitrogens with zero attached hydrogens (tertiary/aromatic N) is 1. The minimum absolute atomic E-state index is 0. The van der Waals surface area contributed by atoms with E-state index in [0.717, 1.165) is 25.7 Å². The van der Waals surface area contributed by atoms with Crippen molar-refractivity contribution in [2.45, 2.75) is 20.4 Å². The van der Waals surface area contributed by atoms with Crippen LogP contribution in [0.2, 0.25) is 0 Å². The van der Waals surface area contributed by atoms with Gasteiger partial charge in [-0.1, -0.05) is 13.8 Å². The fraction of sp³-hybridized carbons (Fsp3) is 0.615. The lowest BCUT2D eigenvalue weighted by molar-refractivity contribution is 0.114. The smallest absolute Gasteiger partial charge is 0.191 e. The van der Waals surface area contributed by atoms with Crippen LogP contribution < -0.4 is 10.6 Å². The first kappa shape index (κ1) is 18.7. The molecule has 0 saturated heterocycles. The van der Waals surface area contributed by atoms with E-state index < -0.39 is 0 Å². The third kappa shape index (κ3) is 9.23. The molecule has 0 aliphatic rings. The summed E-state index contributed by atoms with van der Waals surface area (Å²) in [5.41, 5.74) is 1.28. The van der Waals surface area contributed by atoms with Crippen molar-refractivity contribution in [3.8, 4) is 0 Å². The summed E-state index contributed by atoms with van der Waals surface area (Å²) in [4.78, 5) is 4.16. The minimum atomic E-state index is 0. The van der Waals surface area contributed by atoms with Crippen LogP contribution in [0.3, 0.4) is 0 Å². The van der Waals surface area contributed by atoms with E-state index in [1.165, 1.54) is 5.56 Å². The topological polar surface area (TPSA) is 45.7 Å². The monoisotopic (exact) mass is 397 g/mol. The van der Waals surface area contributed by atoms with Crippen LogP contribution in [0.4, 0.5) is 0 Å². The number of aliphatic imine (C=N–C) groups is 1. The molecule has 0 saturated carbocycles. The summed E-state index contributed by atoms with van der Waals surface area (Å²) in [5.74, 6) is 1.40. The van der Waals surface area contributed by atoms with Crippen molar-refractivity contribution < 1.29 is 4.74 Å². The fourth-order valence-corrected chi connectivity index (χ4v) is 2.03. The maximum atomic E-state index is 5.50. The van der Waals surface area contributed by atoms with Gasteiger partial charge in [-0.05, 0) is 28.3 Å². The van der Waals surface area contributed by atoms with E-state index in [1.54, 1.807) is 18.4 Å². The molecule has 0 amide bonds. The Morgan fingerprint density at radius 2 is 2.21 bits per heavy atom. The number of guanidine groups is 1. The zero-order valence-electron chi connectivity index (χ0n) is 11.8. The molecule has 0 unspecified atom stereocenters. The second kappa shape index (κ2) is 11.5. The standard InChI is InChI=1S/C13H23N3OS.HI/c1-11(2)9-17-6-5-15-13(14-3)16-8-12-4-7-18-10-12;/h4,7,10-11H,5-6,8-9H2,1-3H3,(H2,14,15,16);1H. The van der Waals surface area contributed by atoms with Gasteiger partial charge in [-0.15, -0.1) is 24.0 Å². The molecule has 4 nitrogen and oxygen atoms in total. The van der Waals surface area contributed by atoms with E-state index in [2.05, 4.69) is 46.3 Å². The maximum Gasteiger partial charge on any atom is 0.191 e. The zero-order valence-corrected chi connectivity index (χ0v) is 15.0. The van der Waals surface area contributed by atoms with Gasteiger partial charge >= 0.3 is 0 Å². The van der Waals surface area contributed by atoms with Crippen LogP contribution in [0.15, 0.2) is 21.8 Å². The molecule has 0 aromatic carbocycles. The van der Waals surface area contributed by atoms with Crippen molar-refractivity contribution >= 4 is 41.3 Å². The lowest BCUT2D eigenvalue weighted by Gasteiger charge is -2.12. The molecule has 6 heteroatoms. The second-order valence-corrected chi connectivity index (χ2v) is 5.23. The van der Waals surface area contributed by atoms with Gasteiger partial charge in [0.2, 0.25) is 0 Å². The summed E-state index contributed by atoms with van der Waals surface area (Å²) in [6.07, 6.45) is 0. The predicted octanol–water partition coefficient (Wildman–Crippen LogP) is 2.70. The summed E-state index contributed by atoms with van der Waals surface area (Å²) in [7, 11) is 1.78. The molecule has 1 aromatic heterocycles. The van der Waals surface area contributed by atoms with Gasteiger partial charge in [-0.25, -0.2) is 0 Å². The Hall–Kier alpha value is -0.340. The van der Waals surface area contributed by atoms with Gasteiger partial charge in [0, 0.05) is 26.7 Å². The SMILES string of the molecule is CN=C(NCCOCC(C)C)NCc1ccsc1.I. The molecule has 0 fully saturated rings. The minimum Gasteiger partial charge on any atom is -0.379 e. The maximum absolute atomic E-state index is 5.50. The van der Waals surface area contributed by atoms with Crippen LogP contribution in [0.25, 0.3) is 0 Å². The highest BCUT2D eigenvalue weighted by atomic mass is 127. The average Bonchev–Trinajstić information content (AvgIpc) is 2.85. The molecule has 0 atom stereocenters. The number of halogens is 1. The first-order chi connectivity index (χ1) is 8.72. The van der Waals surface area contributed by atoms with Gasteiger partial charge in [0.25, 0.3) is 0 Å². The molecule has 19 heavy (non-hydrogen) atoms. The molecule has 0 spiro atoms. The quantitative estimate of drug-likeness (QED) is 0.322. The Labute approximate surface area is 137 Å². The predicted molar refractivity (Wildman–Crippen MR) is 93.6 cm³/mol. The highest BCUT2D eigenvalue weighted by Gasteiger charge is 1.98. The van der Waals surface area contributed by atoms with Crippen LogP contribution in [-0.2, 0) is 11.3 Å². The largest absolute Gasteiger partial charge is 0.379 e. The molecule has 0 radical (unpaired) electrons. The number of hydrogen-bond donors (Lipinski definition) is 2. The summed E-state index contributed by atoms with van der Waals surface area (Å²) in [6, 6.07) is 2.11. The van der Waals surface area contributed by atoms with Gasteiger partial charge in [-0.3, -0.25) is 4.99 Å². The summed E-state index contributed by atoms with van der Waals surface area (Å²) in [5, 5.41) is 10.7. The molecule has 2 N–H and O–H groups in total. The average molecular weight is 397 g/mol. The van der Waals surface area contributed by atoms with Gasteiger partial charge < -0.3 is 15.4 Å². The van der Waals surface area contributed by atoms with Gasteiger partial charge in [0.1, 0.15) is 0 Å². The molecule has 1 heterocycles. The third-order valence-electron chi connectivity index (χ3n) is 2.25. The van der Waals surface area contributed by atoms with Gasteiger partial charge in [0.15, 0.2) is 5.96 Å². The van der Waals surface area contributed by atoms with Crippen molar-refractivity contribution in [3.05, 3.63) is 22.4 Å². The van der Waals surface area contributed by atoms with E-state index in [4.69, 9.17) is 4.74 Å². The Kier molecular flexibility index (Phi) is 11.3. The molecule has 1 rings (SSSR count). The molecule has 1 aromatic rings. The number of ether oxygens (including phenoxy) is 1. The van der Waals surface area contributed by atoms with Crippen molar-refractivity contribution in [1.82, 2.24) is 10.6 Å². The third-order valence-corrected chi connectivity index (χ3v) is 2.99. The van der Waals surface area contributed by atoms with Crippen LogP contribution in [0.1, 0.15) is 19.4 Å². The van der Waals surface area contributed by atoms with Crippen molar-refractivity contribution in [2.24, 2.45) is 10.9 Å². The first-order valence-electron chi connectivity index (χ1n) is 6.25. The van der Waals surface area contributed by atoms with Crippen LogP contribution in [0, 0.1) is 5.92 Å². The van der Waals surface area contributed by atoms with Crippen molar-refractivity contribution in [3.63, 3.8) is 0 Å².